The number of fused-ring (bicyclic) bond motifs is 6. The predicted octanol–water partition coefficient (Wildman–Crippen LogP) is 4.55. The van der Waals surface area contributed by atoms with E-state index in [2.05, 4.69) is 52.7 Å². The average molecular weight is 594 g/mol. The molecule has 0 spiro atoms. The zero-order valence-electron chi connectivity index (χ0n) is 24.6. The highest BCUT2D eigenvalue weighted by atomic mass is 32.2. The number of sulfonamides is 1. The van der Waals surface area contributed by atoms with Crippen molar-refractivity contribution in [3.05, 3.63) is 48.2 Å². The molecule has 3 aromatic rings. The molecule has 0 radical (unpaired) electrons. The summed E-state index contributed by atoms with van der Waals surface area (Å²) in [6.07, 6.45) is 8.03. The van der Waals surface area contributed by atoms with Crippen molar-refractivity contribution in [1.82, 2.24) is 24.5 Å². The summed E-state index contributed by atoms with van der Waals surface area (Å²) in [6.45, 7) is 9.92. The van der Waals surface area contributed by atoms with E-state index >= 15 is 0 Å². The molecule has 4 bridgehead atoms. The summed E-state index contributed by atoms with van der Waals surface area (Å²) in [5, 5.41) is 7.66. The summed E-state index contributed by atoms with van der Waals surface area (Å²) >= 11 is 0. The molecule has 6 rings (SSSR count). The maximum absolute atomic E-state index is 13.6. The number of rotatable bonds is 5. The largest absolute Gasteiger partial charge is 0.477 e. The first kappa shape index (κ1) is 28.4. The topological polar surface area (TPSA) is 131 Å². The van der Waals surface area contributed by atoms with Crippen LogP contribution in [0.3, 0.4) is 0 Å². The second-order valence-electron chi connectivity index (χ2n) is 13.0. The molecule has 3 aliphatic rings. The highest BCUT2D eigenvalue weighted by Gasteiger charge is 2.41. The number of pyridine rings is 2. The van der Waals surface area contributed by atoms with Crippen molar-refractivity contribution in [2.24, 2.45) is 11.3 Å². The molecule has 2 N–H and O–H groups in total. The number of ether oxygens (including phenoxy) is 1. The lowest BCUT2D eigenvalue weighted by molar-refractivity contribution is 0.0981. The van der Waals surface area contributed by atoms with Gasteiger partial charge in [0.05, 0.1) is 12.2 Å². The van der Waals surface area contributed by atoms with Crippen LogP contribution in [0, 0.1) is 11.3 Å². The molecule has 2 aliphatic heterocycles. The normalized spacial score (nSPS) is 24.0. The Bertz CT molecular complexity index is 1600. The highest BCUT2D eigenvalue weighted by Crippen LogP contribution is 2.48. The fourth-order valence-electron chi connectivity index (χ4n) is 5.96. The van der Waals surface area contributed by atoms with Crippen molar-refractivity contribution in [2.45, 2.75) is 82.8 Å². The zero-order valence-corrected chi connectivity index (χ0v) is 25.4. The number of carbonyl (C=O) groups excluding carboxylic acids is 1. The average Bonchev–Trinajstić information content (AvgIpc) is 3.34. The first-order valence-corrected chi connectivity index (χ1v) is 16.2. The summed E-state index contributed by atoms with van der Waals surface area (Å²) in [4.78, 5) is 24.9. The molecule has 2 atom stereocenters. The van der Waals surface area contributed by atoms with E-state index < -0.39 is 15.9 Å². The molecule has 224 valence electrons. The third kappa shape index (κ3) is 5.95. The summed E-state index contributed by atoms with van der Waals surface area (Å²) in [7, 11) is -4.24. The molecule has 0 aromatic carbocycles. The number of anilines is 2. The van der Waals surface area contributed by atoms with Crippen LogP contribution in [0.15, 0.2) is 47.6 Å². The van der Waals surface area contributed by atoms with E-state index in [4.69, 9.17) is 9.72 Å². The Morgan fingerprint density at radius 1 is 1.07 bits per heavy atom. The van der Waals surface area contributed by atoms with Gasteiger partial charge in [-0.3, -0.25) is 4.79 Å². The van der Waals surface area contributed by atoms with Crippen LogP contribution in [0.2, 0.25) is 0 Å². The number of hydrogen-bond donors (Lipinski definition) is 2. The van der Waals surface area contributed by atoms with Gasteiger partial charge in [0, 0.05) is 30.4 Å². The van der Waals surface area contributed by atoms with Crippen LogP contribution in [0.5, 0.6) is 5.88 Å². The fourth-order valence-corrected chi connectivity index (χ4v) is 6.90. The van der Waals surface area contributed by atoms with Crippen molar-refractivity contribution < 1.29 is 17.9 Å². The zero-order chi connectivity index (χ0) is 29.7. The second kappa shape index (κ2) is 10.6. The van der Waals surface area contributed by atoms with Gasteiger partial charge in [0.15, 0.2) is 10.8 Å². The number of nitrogens with zero attached hydrogens (tertiary/aromatic N) is 5. The minimum atomic E-state index is -4.24. The Morgan fingerprint density at radius 3 is 2.67 bits per heavy atom. The van der Waals surface area contributed by atoms with Gasteiger partial charge in [-0.25, -0.2) is 19.4 Å². The lowest BCUT2D eigenvalue weighted by atomic mass is 9.92. The predicted molar refractivity (Wildman–Crippen MR) is 160 cm³/mol. The summed E-state index contributed by atoms with van der Waals surface area (Å²) in [6, 6.07) is 9.91. The molecular formula is C30H39N7O4S. The molecule has 12 heteroatoms. The number of aromatic nitrogens is 4. The van der Waals surface area contributed by atoms with E-state index in [1.54, 1.807) is 41.2 Å². The smallest absolute Gasteiger partial charge is 0.281 e. The van der Waals surface area contributed by atoms with Crippen molar-refractivity contribution in [1.29, 1.82) is 0 Å². The van der Waals surface area contributed by atoms with Crippen molar-refractivity contribution in [2.75, 3.05) is 23.4 Å². The van der Waals surface area contributed by atoms with Crippen LogP contribution in [-0.4, -0.2) is 58.8 Å². The van der Waals surface area contributed by atoms with Crippen LogP contribution in [-0.2, 0) is 10.0 Å². The van der Waals surface area contributed by atoms with Crippen molar-refractivity contribution in [3.8, 4) is 11.7 Å². The summed E-state index contributed by atoms with van der Waals surface area (Å²) in [5.41, 5.74) is 0.269. The molecule has 11 nitrogen and oxygen atoms in total. The van der Waals surface area contributed by atoms with Gasteiger partial charge in [-0.1, -0.05) is 13.0 Å². The van der Waals surface area contributed by atoms with Gasteiger partial charge in [0.25, 0.3) is 15.9 Å². The molecule has 1 aliphatic carbocycles. The number of carbonyl (C=O) groups is 1. The van der Waals surface area contributed by atoms with Crippen LogP contribution < -0.4 is 19.7 Å². The molecule has 42 heavy (non-hydrogen) atoms. The van der Waals surface area contributed by atoms with E-state index in [9.17, 15) is 13.2 Å². The Labute approximate surface area is 247 Å². The van der Waals surface area contributed by atoms with Gasteiger partial charge in [0.2, 0.25) is 5.88 Å². The third-order valence-electron chi connectivity index (χ3n) is 8.81. The van der Waals surface area contributed by atoms with E-state index in [0.29, 0.717) is 47.8 Å². The quantitative estimate of drug-likeness (QED) is 0.437. The number of hydrogen-bond acceptors (Lipinski definition) is 9. The van der Waals surface area contributed by atoms with Crippen LogP contribution in [0.4, 0.5) is 11.6 Å². The molecular weight excluding hydrogens is 554 g/mol. The summed E-state index contributed by atoms with van der Waals surface area (Å²) in [5.74, 6) is 1.52. The Kier molecular flexibility index (Phi) is 7.15. The lowest BCUT2D eigenvalue weighted by Gasteiger charge is -2.34. The maximum Gasteiger partial charge on any atom is 0.281 e. The molecule has 1 saturated heterocycles. The van der Waals surface area contributed by atoms with E-state index in [0.717, 1.165) is 25.7 Å². The standard InChI is InChI=1S/C30H39N7O4S/c1-20-8-9-21-18-29(2,3)36(19-21)27-22(28(38)35-42(39,40)26-7-5-6-23(31-20)32-26)10-11-24(33-27)37-16-12-25(34-37)41-17-15-30(4)13-14-30/h5-7,10-12,16,20-21H,8-9,13-15,17-19H2,1-4H3,(H,31,32)(H,35,38). The van der Waals surface area contributed by atoms with E-state index in [1.165, 1.54) is 18.9 Å². The van der Waals surface area contributed by atoms with E-state index in [-0.39, 0.29) is 22.2 Å². The van der Waals surface area contributed by atoms with Gasteiger partial charge < -0.3 is 15.0 Å². The van der Waals surface area contributed by atoms with Gasteiger partial charge in [-0.15, -0.1) is 5.10 Å². The monoisotopic (exact) mass is 593 g/mol. The summed E-state index contributed by atoms with van der Waals surface area (Å²) < 4.78 is 36.3. The van der Waals surface area contributed by atoms with Crippen LogP contribution in [0.25, 0.3) is 5.82 Å². The third-order valence-corrected chi connectivity index (χ3v) is 10.0. The Hall–Kier alpha value is -3.67. The highest BCUT2D eigenvalue weighted by molar-refractivity contribution is 7.90. The molecule has 5 heterocycles. The van der Waals surface area contributed by atoms with E-state index in [1.807, 2.05) is 0 Å². The molecule has 1 saturated carbocycles. The molecule has 2 fully saturated rings. The van der Waals surface area contributed by atoms with Gasteiger partial charge >= 0.3 is 0 Å². The van der Waals surface area contributed by atoms with Gasteiger partial charge in [-0.05, 0) is 94.9 Å². The van der Waals surface area contributed by atoms with Gasteiger partial charge in [-0.2, -0.15) is 8.42 Å². The number of nitrogens with one attached hydrogen (secondary N) is 2. The van der Waals surface area contributed by atoms with Gasteiger partial charge in [0.1, 0.15) is 11.6 Å². The SMILES string of the molecule is CC1CCC2CN(c3nc(-n4ccc(OCCC5(C)CC5)n4)ccc3C(=O)NS(=O)(=O)c3cccc(n3)N1)C(C)(C)C2. The first-order chi connectivity index (χ1) is 19.9. The lowest BCUT2D eigenvalue weighted by Crippen LogP contribution is -2.41. The first-order valence-electron chi connectivity index (χ1n) is 14.7. The number of amides is 1. The second-order valence-corrected chi connectivity index (χ2v) is 14.6. The minimum Gasteiger partial charge on any atom is -0.477 e. The molecule has 3 aromatic heterocycles. The fraction of sp³-hybridized carbons (Fsp3) is 0.533. The van der Waals surface area contributed by atoms with Crippen molar-refractivity contribution in [3.63, 3.8) is 0 Å². The van der Waals surface area contributed by atoms with Crippen molar-refractivity contribution >= 4 is 27.6 Å². The maximum atomic E-state index is 13.6. The Balaban J connectivity index is 1.35. The molecule has 2 unspecified atom stereocenters. The van der Waals surface area contributed by atoms with Crippen LogP contribution >= 0.6 is 0 Å². The van der Waals surface area contributed by atoms with Crippen LogP contribution in [0.1, 0.15) is 76.6 Å². The Morgan fingerprint density at radius 2 is 1.88 bits per heavy atom. The molecule has 1 amide bonds. The minimum absolute atomic E-state index is 0.0905.